The van der Waals surface area contributed by atoms with Crippen molar-refractivity contribution in [3.05, 3.63) is 34.9 Å². The fraction of sp³-hybridized carbons (Fsp3) is 0.533. The Morgan fingerprint density at radius 3 is 2.42 bits per heavy atom. The van der Waals surface area contributed by atoms with Crippen LogP contribution in [0.5, 0.6) is 0 Å². The lowest BCUT2D eigenvalue weighted by atomic mass is 9.91. The second kappa shape index (κ2) is 5.51. The van der Waals surface area contributed by atoms with Gasteiger partial charge in [0.1, 0.15) is 0 Å². The van der Waals surface area contributed by atoms with Crippen molar-refractivity contribution >= 4 is 17.5 Å². The highest BCUT2D eigenvalue weighted by Gasteiger charge is 2.38. The number of nitrogens with two attached hydrogens (primary N) is 1. The maximum Gasteiger partial charge on any atom is 0.230 e. The molecule has 1 aromatic rings. The third-order valence-electron chi connectivity index (χ3n) is 3.60. The van der Waals surface area contributed by atoms with E-state index >= 15 is 0 Å². The molecule has 0 heterocycles. The van der Waals surface area contributed by atoms with Crippen LogP contribution in [0.25, 0.3) is 0 Å². The normalized spacial score (nSPS) is 15.4. The molecule has 104 valence electrons. The van der Waals surface area contributed by atoms with Crippen LogP contribution in [0.15, 0.2) is 24.3 Å². The molecule has 0 radical (unpaired) electrons. The standard InChI is InChI=1S/C15H21ClN2O/c1-15(2,10-17)14(19)18(13-7-8-13)9-11-3-5-12(16)6-4-11/h3-6,13H,7-10,17H2,1-2H3. The fourth-order valence-corrected chi connectivity index (χ4v) is 2.14. The summed E-state index contributed by atoms with van der Waals surface area (Å²) < 4.78 is 0. The summed E-state index contributed by atoms with van der Waals surface area (Å²) in [5.41, 5.74) is 6.33. The van der Waals surface area contributed by atoms with E-state index in [1.165, 1.54) is 0 Å². The number of amides is 1. The van der Waals surface area contributed by atoms with Crippen LogP contribution in [0.4, 0.5) is 0 Å². The Morgan fingerprint density at radius 2 is 1.95 bits per heavy atom. The molecule has 1 aliphatic rings. The summed E-state index contributed by atoms with van der Waals surface area (Å²) in [6.45, 7) is 4.83. The summed E-state index contributed by atoms with van der Waals surface area (Å²) in [5, 5.41) is 0.718. The molecule has 2 rings (SSSR count). The lowest BCUT2D eigenvalue weighted by molar-refractivity contribution is -0.141. The summed E-state index contributed by atoms with van der Waals surface area (Å²) in [6, 6.07) is 8.05. The molecule has 0 aliphatic heterocycles. The number of carbonyl (C=O) groups is 1. The number of hydrogen-bond acceptors (Lipinski definition) is 2. The zero-order valence-electron chi connectivity index (χ0n) is 11.5. The molecule has 19 heavy (non-hydrogen) atoms. The summed E-state index contributed by atoms with van der Waals surface area (Å²) >= 11 is 5.88. The molecule has 0 unspecified atom stereocenters. The molecule has 0 spiro atoms. The maximum absolute atomic E-state index is 12.6. The van der Waals surface area contributed by atoms with Gasteiger partial charge in [0, 0.05) is 24.2 Å². The predicted molar refractivity (Wildman–Crippen MR) is 77.9 cm³/mol. The molecule has 0 aromatic heterocycles. The highest BCUT2D eigenvalue weighted by molar-refractivity contribution is 6.30. The van der Waals surface area contributed by atoms with E-state index in [1.807, 2.05) is 43.0 Å². The van der Waals surface area contributed by atoms with Gasteiger partial charge >= 0.3 is 0 Å². The third-order valence-corrected chi connectivity index (χ3v) is 3.86. The molecular formula is C15H21ClN2O. The highest BCUT2D eigenvalue weighted by atomic mass is 35.5. The van der Waals surface area contributed by atoms with Gasteiger partial charge in [0.05, 0.1) is 5.41 Å². The van der Waals surface area contributed by atoms with Gasteiger partial charge in [-0.25, -0.2) is 0 Å². The van der Waals surface area contributed by atoms with Crippen molar-refractivity contribution in [1.82, 2.24) is 4.90 Å². The molecule has 1 fully saturated rings. The highest BCUT2D eigenvalue weighted by Crippen LogP contribution is 2.32. The van der Waals surface area contributed by atoms with Crippen molar-refractivity contribution in [2.24, 2.45) is 11.1 Å². The summed E-state index contributed by atoms with van der Waals surface area (Å²) in [7, 11) is 0. The Hall–Kier alpha value is -1.06. The predicted octanol–water partition coefficient (Wildman–Crippen LogP) is 2.82. The van der Waals surface area contributed by atoms with Gasteiger partial charge in [0.2, 0.25) is 5.91 Å². The van der Waals surface area contributed by atoms with Crippen LogP contribution in [0, 0.1) is 5.41 Å². The van der Waals surface area contributed by atoms with E-state index < -0.39 is 5.41 Å². The van der Waals surface area contributed by atoms with Crippen molar-refractivity contribution in [2.75, 3.05) is 6.54 Å². The molecular weight excluding hydrogens is 260 g/mol. The smallest absolute Gasteiger partial charge is 0.230 e. The van der Waals surface area contributed by atoms with Gasteiger partial charge in [-0.3, -0.25) is 4.79 Å². The average molecular weight is 281 g/mol. The number of carbonyl (C=O) groups excluding carboxylic acids is 1. The van der Waals surface area contributed by atoms with Gasteiger partial charge in [0.25, 0.3) is 0 Å². The van der Waals surface area contributed by atoms with E-state index in [4.69, 9.17) is 17.3 Å². The van der Waals surface area contributed by atoms with E-state index in [9.17, 15) is 4.79 Å². The van der Waals surface area contributed by atoms with Crippen molar-refractivity contribution < 1.29 is 4.79 Å². The molecule has 0 bridgehead atoms. The first-order valence-corrected chi connectivity index (χ1v) is 7.07. The number of benzene rings is 1. The second-order valence-electron chi connectivity index (χ2n) is 5.88. The number of hydrogen-bond donors (Lipinski definition) is 1. The Balaban J connectivity index is 2.13. The van der Waals surface area contributed by atoms with E-state index in [0.717, 1.165) is 23.4 Å². The maximum atomic E-state index is 12.6. The third kappa shape index (κ3) is 3.48. The van der Waals surface area contributed by atoms with E-state index in [-0.39, 0.29) is 5.91 Å². The first kappa shape index (κ1) is 14.4. The SMILES string of the molecule is CC(C)(CN)C(=O)N(Cc1ccc(Cl)cc1)C1CC1. The van der Waals surface area contributed by atoms with Crippen molar-refractivity contribution in [1.29, 1.82) is 0 Å². The quantitative estimate of drug-likeness (QED) is 0.901. The molecule has 0 atom stereocenters. The van der Waals surface area contributed by atoms with E-state index in [1.54, 1.807) is 0 Å². The van der Waals surface area contributed by atoms with Crippen LogP contribution in [-0.2, 0) is 11.3 Å². The minimum Gasteiger partial charge on any atom is -0.335 e. The Bertz CT molecular complexity index is 452. The first-order valence-electron chi connectivity index (χ1n) is 6.69. The molecule has 1 aromatic carbocycles. The van der Waals surface area contributed by atoms with Crippen LogP contribution < -0.4 is 5.73 Å². The van der Waals surface area contributed by atoms with Crippen molar-refractivity contribution in [3.8, 4) is 0 Å². The zero-order chi connectivity index (χ0) is 14.0. The van der Waals surface area contributed by atoms with Gasteiger partial charge in [0.15, 0.2) is 0 Å². The topological polar surface area (TPSA) is 46.3 Å². The van der Waals surface area contributed by atoms with Crippen LogP contribution in [0.2, 0.25) is 5.02 Å². The van der Waals surface area contributed by atoms with Crippen molar-refractivity contribution in [3.63, 3.8) is 0 Å². The fourth-order valence-electron chi connectivity index (χ4n) is 2.02. The summed E-state index contributed by atoms with van der Waals surface area (Å²) in [6.07, 6.45) is 2.19. The van der Waals surface area contributed by atoms with Gasteiger partial charge in [-0.2, -0.15) is 0 Å². The largest absolute Gasteiger partial charge is 0.335 e. The molecule has 1 amide bonds. The Labute approximate surface area is 119 Å². The van der Waals surface area contributed by atoms with E-state index in [0.29, 0.717) is 19.1 Å². The van der Waals surface area contributed by atoms with Crippen LogP contribution >= 0.6 is 11.6 Å². The van der Waals surface area contributed by atoms with Crippen LogP contribution in [0.1, 0.15) is 32.3 Å². The van der Waals surface area contributed by atoms with Gasteiger partial charge in [-0.1, -0.05) is 23.7 Å². The minimum atomic E-state index is -0.491. The molecule has 0 saturated heterocycles. The second-order valence-corrected chi connectivity index (χ2v) is 6.32. The van der Waals surface area contributed by atoms with Gasteiger partial charge in [-0.15, -0.1) is 0 Å². The monoisotopic (exact) mass is 280 g/mol. The number of halogens is 1. The van der Waals surface area contributed by atoms with Gasteiger partial charge < -0.3 is 10.6 Å². The number of rotatable bonds is 5. The summed E-state index contributed by atoms with van der Waals surface area (Å²) in [4.78, 5) is 14.5. The van der Waals surface area contributed by atoms with E-state index in [2.05, 4.69) is 0 Å². The van der Waals surface area contributed by atoms with Crippen LogP contribution in [-0.4, -0.2) is 23.4 Å². The molecule has 2 N–H and O–H groups in total. The Kier molecular flexibility index (Phi) is 4.16. The minimum absolute atomic E-state index is 0.146. The molecule has 1 saturated carbocycles. The van der Waals surface area contributed by atoms with Crippen molar-refractivity contribution in [2.45, 2.75) is 39.3 Å². The first-order chi connectivity index (χ1) is 8.94. The zero-order valence-corrected chi connectivity index (χ0v) is 12.3. The molecule has 3 nitrogen and oxygen atoms in total. The molecule has 4 heteroatoms. The van der Waals surface area contributed by atoms with Gasteiger partial charge in [-0.05, 0) is 44.4 Å². The number of nitrogens with zero attached hydrogens (tertiary/aromatic N) is 1. The Morgan fingerprint density at radius 1 is 1.37 bits per heavy atom. The molecule has 1 aliphatic carbocycles. The van der Waals surface area contributed by atoms with Crippen LogP contribution in [0.3, 0.4) is 0 Å². The lowest BCUT2D eigenvalue weighted by Gasteiger charge is -2.31. The summed E-state index contributed by atoms with van der Waals surface area (Å²) in [5.74, 6) is 0.146. The average Bonchev–Trinajstić information content (AvgIpc) is 3.21. The lowest BCUT2D eigenvalue weighted by Crippen LogP contribution is -2.45.